The van der Waals surface area contributed by atoms with Crippen LogP contribution in [0.2, 0.25) is 0 Å². The molecule has 1 N–H and O–H groups in total. The van der Waals surface area contributed by atoms with Gasteiger partial charge in [0.1, 0.15) is 0 Å². The van der Waals surface area contributed by atoms with Crippen LogP contribution in [0.15, 0.2) is 24.3 Å². The van der Waals surface area contributed by atoms with Crippen molar-refractivity contribution in [3.63, 3.8) is 0 Å². The smallest absolute Gasteiger partial charge is 0.317 e. The van der Waals surface area contributed by atoms with E-state index in [9.17, 15) is 9.59 Å². The molecule has 5 nitrogen and oxygen atoms in total. The van der Waals surface area contributed by atoms with Crippen molar-refractivity contribution < 1.29 is 9.59 Å². The normalized spacial score (nSPS) is 15.2. The molecule has 0 bridgehead atoms. The van der Waals surface area contributed by atoms with E-state index in [0.29, 0.717) is 32.7 Å². The molecular weight excluding hydrogens is 242 g/mol. The molecule has 1 aromatic carbocycles. The van der Waals surface area contributed by atoms with Crippen molar-refractivity contribution in [1.82, 2.24) is 15.1 Å². The summed E-state index contributed by atoms with van der Waals surface area (Å²) in [6.07, 6.45) is 0.835. The van der Waals surface area contributed by atoms with Gasteiger partial charge in [0, 0.05) is 32.7 Å². The summed E-state index contributed by atoms with van der Waals surface area (Å²) in [4.78, 5) is 26.0. The molecule has 1 aromatic rings. The van der Waals surface area contributed by atoms with Gasteiger partial charge in [-0.25, -0.2) is 4.79 Å². The van der Waals surface area contributed by atoms with Crippen molar-refractivity contribution in [2.45, 2.75) is 13.5 Å². The van der Waals surface area contributed by atoms with E-state index in [1.807, 2.05) is 25.1 Å². The minimum atomic E-state index is -0.0629. The van der Waals surface area contributed by atoms with Crippen LogP contribution in [0.5, 0.6) is 0 Å². The highest BCUT2D eigenvalue weighted by molar-refractivity contribution is 5.74. The molecule has 19 heavy (non-hydrogen) atoms. The van der Waals surface area contributed by atoms with E-state index in [1.165, 1.54) is 5.56 Å². The van der Waals surface area contributed by atoms with Gasteiger partial charge in [-0.3, -0.25) is 4.79 Å². The number of nitrogens with one attached hydrogen (secondary N) is 1. The molecule has 0 saturated carbocycles. The van der Waals surface area contributed by atoms with Crippen LogP contribution in [0.4, 0.5) is 4.79 Å². The van der Waals surface area contributed by atoms with Crippen LogP contribution in [-0.4, -0.2) is 48.4 Å². The zero-order valence-electron chi connectivity index (χ0n) is 11.1. The first-order valence-electron chi connectivity index (χ1n) is 6.47. The van der Waals surface area contributed by atoms with Gasteiger partial charge in [-0.2, -0.15) is 0 Å². The van der Waals surface area contributed by atoms with Gasteiger partial charge in [-0.15, -0.1) is 0 Å². The second-order valence-electron chi connectivity index (χ2n) is 4.78. The summed E-state index contributed by atoms with van der Waals surface area (Å²) >= 11 is 0. The first-order chi connectivity index (χ1) is 9.19. The van der Waals surface area contributed by atoms with Gasteiger partial charge in [0.25, 0.3) is 0 Å². The minimum absolute atomic E-state index is 0.0629. The summed E-state index contributed by atoms with van der Waals surface area (Å²) in [6.45, 7) is 4.98. The van der Waals surface area contributed by atoms with Crippen LogP contribution in [0, 0.1) is 6.92 Å². The van der Waals surface area contributed by atoms with E-state index in [2.05, 4.69) is 11.4 Å². The van der Waals surface area contributed by atoms with Gasteiger partial charge in [0.15, 0.2) is 0 Å². The summed E-state index contributed by atoms with van der Waals surface area (Å²) in [5.74, 6) is 0. The maximum atomic E-state index is 12.0. The Bertz CT molecular complexity index is 454. The Hall–Kier alpha value is -2.04. The average Bonchev–Trinajstić information content (AvgIpc) is 2.45. The third-order valence-corrected chi connectivity index (χ3v) is 3.28. The number of nitrogens with zero attached hydrogens (tertiary/aromatic N) is 2. The average molecular weight is 261 g/mol. The van der Waals surface area contributed by atoms with Gasteiger partial charge >= 0.3 is 6.03 Å². The Kier molecular flexibility index (Phi) is 4.39. The molecule has 1 heterocycles. The van der Waals surface area contributed by atoms with Gasteiger partial charge in [0.2, 0.25) is 6.41 Å². The van der Waals surface area contributed by atoms with Crippen LogP contribution in [0.3, 0.4) is 0 Å². The maximum Gasteiger partial charge on any atom is 0.317 e. The van der Waals surface area contributed by atoms with Crippen LogP contribution >= 0.6 is 0 Å². The number of hydrogen-bond acceptors (Lipinski definition) is 2. The largest absolute Gasteiger partial charge is 0.342 e. The van der Waals surface area contributed by atoms with Gasteiger partial charge in [0.05, 0.1) is 0 Å². The lowest BCUT2D eigenvalue weighted by Gasteiger charge is -2.32. The number of benzene rings is 1. The molecule has 0 spiro atoms. The third-order valence-electron chi connectivity index (χ3n) is 3.28. The summed E-state index contributed by atoms with van der Waals surface area (Å²) in [5.41, 5.74) is 2.28. The fourth-order valence-electron chi connectivity index (χ4n) is 2.14. The number of aryl methyl sites for hydroxylation is 1. The predicted molar refractivity (Wildman–Crippen MR) is 72.6 cm³/mol. The molecule has 2 rings (SSSR count). The van der Waals surface area contributed by atoms with Crippen molar-refractivity contribution in [3.05, 3.63) is 35.4 Å². The molecule has 0 unspecified atom stereocenters. The van der Waals surface area contributed by atoms with Crippen molar-refractivity contribution >= 4 is 12.4 Å². The second kappa shape index (κ2) is 6.22. The van der Waals surface area contributed by atoms with Crippen molar-refractivity contribution in [2.24, 2.45) is 0 Å². The molecular formula is C14H19N3O2. The predicted octanol–water partition coefficient (Wildman–Crippen LogP) is 0.979. The van der Waals surface area contributed by atoms with E-state index in [-0.39, 0.29) is 6.03 Å². The Morgan fingerprint density at radius 2 is 2.05 bits per heavy atom. The molecule has 1 saturated heterocycles. The molecule has 0 aromatic heterocycles. The molecule has 0 radical (unpaired) electrons. The number of carbonyl (C=O) groups is 2. The zero-order valence-corrected chi connectivity index (χ0v) is 11.1. The summed E-state index contributed by atoms with van der Waals surface area (Å²) < 4.78 is 0. The quantitative estimate of drug-likeness (QED) is 0.825. The molecule has 0 atom stereocenters. The van der Waals surface area contributed by atoms with Gasteiger partial charge in [-0.05, 0) is 12.5 Å². The monoisotopic (exact) mass is 261 g/mol. The molecule has 1 aliphatic heterocycles. The van der Waals surface area contributed by atoms with Crippen molar-refractivity contribution in [2.75, 3.05) is 26.2 Å². The lowest BCUT2D eigenvalue weighted by Crippen LogP contribution is -2.51. The van der Waals surface area contributed by atoms with Crippen LogP contribution < -0.4 is 5.32 Å². The lowest BCUT2D eigenvalue weighted by atomic mass is 10.1. The van der Waals surface area contributed by atoms with Gasteiger partial charge < -0.3 is 15.1 Å². The third kappa shape index (κ3) is 3.71. The lowest BCUT2D eigenvalue weighted by molar-refractivity contribution is -0.119. The number of rotatable bonds is 3. The highest BCUT2D eigenvalue weighted by Crippen LogP contribution is 2.04. The Morgan fingerprint density at radius 1 is 1.32 bits per heavy atom. The van der Waals surface area contributed by atoms with Crippen LogP contribution in [0.1, 0.15) is 11.1 Å². The maximum absolute atomic E-state index is 12.0. The summed E-state index contributed by atoms with van der Waals surface area (Å²) in [7, 11) is 0. The Labute approximate surface area is 113 Å². The number of hydrogen-bond donors (Lipinski definition) is 1. The fraction of sp³-hybridized carbons (Fsp3) is 0.429. The number of piperazine rings is 1. The highest BCUT2D eigenvalue weighted by atomic mass is 16.2. The van der Waals surface area contributed by atoms with E-state index >= 15 is 0 Å². The molecule has 1 fully saturated rings. The first-order valence-corrected chi connectivity index (χ1v) is 6.47. The van der Waals surface area contributed by atoms with Crippen molar-refractivity contribution in [3.8, 4) is 0 Å². The topological polar surface area (TPSA) is 52.7 Å². The van der Waals surface area contributed by atoms with E-state index in [4.69, 9.17) is 0 Å². The standard InChI is InChI=1S/C14H19N3O2/c1-12-3-2-4-13(9-12)10-15-14(19)17-7-5-16(11-18)6-8-17/h2-4,9,11H,5-8,10H2,1H3,(H,15,19). The molecule has 3 amide bonds. The van der Waals surface area contributed by atoms with Gasteiger partial charge in [-0.1, -0.05) is 29.8 Å². The highest BCUT2D eigenvalue weighted by Gasteiger charge is 2.19. The Morgan fingerprint density at radius 3 is 2.68 bits per heavy atom. The first kappa shape index (κ1) is 13.4. The number of urea groups is 1. The van der Waals surface area contributed by atoms with E-state index < -0.39 is 0 Å². The van der Waals surface area contributed by atoms with Crippen molar-refractivity contribution in [1.29, 1.82) is 0 Å². The summed E-state index contributed by atoms with van der Waals surface area (Å²) in [6, 6.07) is 8.01. The van der Waals surface area contributed by atoms with E-state index in [1.54, 1.807) is 9.80 Å². The zero-order chi connectivity index (χ0) is 13.7. The fourth-order valence-corrected chi connectivity index (χ4v) is 2.14. The van der Waals surface area contributed by atoms with Crippen LogP contribution in [-0.2, 0) is 11.3 Å². The Balaban J connectivity index is 1.80. The minimum Gasteiger partial charge on any atom is -0.342 e. The SMILES string of the molecule is Cc1cccc(CNC(=O)N2CCN(C=O)CC2)c1. The summed E-state index contributed by atoms with van der Waals surface area (Å²) in [5, 5.41) is 2.91. The van der Waals surface area contributed by atoms with Crippen LogP contribution in [0.25, 0.3) is 0 Å². The number of carbonyl (C=O) groups excluding carboxylic acids is 2. The van der Waals surface area contributed by atoms with E-state index in [0.717, 1.165) is 12.0 Å². The molecule has 5 heteroatoms. The second-order valence-corrected chi connectivity index (χ2v) is 4.78. The molecule has 102 valence electrons. The molecule has 0 aliphatic carbocycles. The number of amides is 3. The molecule has 1 aliphatic rings.